The van der Waals surface area contributed by atoms with E-state index < -0.39 is 10.0 Å². The highest BCUT2D eigenvalue weighted by atomic mass is 35.5. The van der Waals surface area contributed by atoms with Crippen LogP contribution in [0.3, 0.4) is 0 Å². The summed E-state index contributed by atoms with van der Waals surface area (Å²) in [5.41, 5.74) is 0. The van der Waals surface area contributed by atoms with Gasteiger partial charge in [0.1, 0.15) is 4.90 Å². The zero-order valence-electron chi connectivity index (χ0n) is 12.1. The Hall–Kier alpha value is -0.240. The van der Waals surface area contributed by atoms with E-state index in [0.717, 1.165) is 18.6 Å². The van der Waals surface area contributed by atoms with Gasteiger partial charge < -0.3 is 0 Å². The standard InChI is InChI=1S/C12H22ClN3O2S2/c1-4-11(10-19-3)15(2)20(17,18)12-8-14-16(9-12)7-5-6-13/h8-9,11H,4-7,10H2,1-3H3. The van der Waals surface area contributed by atoms with E-state index in [1.165, 1.54) is 10.5 Å². The molecule has 1 rings (SSSR count). The van der Waals surface area contributed by atoms with Gasteiger partial charge >= 0.3 is 0 Å². The van der Waals surface area contributed by atoms with E-state index in [1.54, 1.807) is 29.7 Å². The average molecular weight is 340 g/mol. The molecule has 0 bridgehead atoms. The van der Waals surface area contributed by atoms with Gasteiger partial charge in [-0.15, -0.1) is 11.6 Å². The van der Waals surface area contributed by atoms with Gasteiger partial charge in [-0.05, 0) is 19.1 Å². The molecule has 1 unspecified atom stereocenters. The Morgan fingerprint density at radius 3 is 2.80 bits per heavy atom. The van der Waals surface area contributed by atoms with Crippen molar-refractivity contribution in [3.63, 3.8) is 0 Å². The van der Waals surface area contributed by atoms with Crippen LogP contribution < -0.4 is 0 Å². The molecule has 0 spiro atoms. The lowest BCUT2D eigenvalue weighted by molar-refractivity contribution is 0.385. The average Bonchev–Trinajstić information content (AvgIpc) is 2.91. The van der Waals surface area contributed by atoms with E-state index in [9.17, 15) is 8.42 Å². The number of rotatable bonds is 9. The lowest BCUT2D eigenvalue weighted by Gasteiger charge is -2.25. The third kappa shape index (κ3) is 4.38. The van der Waals surface area contributed by atoms with E-state index in [-0.39, 0.29) is 10.9 Å². The molecule has 0 aliphatic rings. The molecule has 1 heterocycles. The molecule has 5 nitrogen and oxygen atoms in total. The first-order valence-corrected chi connectivity index (χ1v) is 9.89. The number of hydrogen-bond acceptors (Lipinski definition) is 4. The van der Waals surface area contributed by atoms with Crippen LogP contribution >= 0.6 is 23.4 Å². The molecule has 0 aliphatic heterocycles. The molecule has 1 aromatic heterocycles. The lowest BCUT2D eigenvalue weighted by atomic mass is 10.3. The third-order valence-corrected chi connectivity index (χ3v) is 6.00. The fourth-order valence-corrected chi connectivity index (χ4v) is 4.30. The fourth-order valence-electron chi connectivity index (χ4n) is 1.86. The molecule has 0 fully saturated rings. The summed E-state index contributed by atoms with van der Waals surface area (Å²) in [7, 11) is -1.84. The van der Waals surface area contributed by atoms with E-state index in [0.29, 0.717) is 12.4 Å². The summed E-state index contributed by atoms with van der Waals surface area (Å²) >= 11 is 7.27. The molecule has 0 radical (unpaired) electrons. The smallest absolute Gasteiger partial charge is 0.246 e. The number of halogens is 1. The highest BCUT2D eigenvalue weighted by Gasteiger charge is 2.27. The first-order chi connectivity index (χ1) is 9.47. The number of aryl methyl sites for hydroxylation is 1. The van der Waals surface area contributed by atoms with Gasteiger partial charge in [-0.25, -0.2) is 8.42 Å². The summed E-state index contributed by atoms with van der Waals surface area (Å²) < 4.78 is 28.1. The van der Waals surface area contributed by atoms with Gasteiger partial charge in [0.15, 0.2) is 0 Å². The van der Waals surface area contributed by atoms with Crippen molar-refractivity contribution in [1.82, 2.24) is 14.1 Å². The Morgan fingerprint density at radius 1 is 1.55 bits per heavy atom. The summed E-state index contributed by atoms with van der Waals surface area (Å²) in [6.07, 6.45) is 6.52. The fraction of sp³-hybridized carbons (Fsp3) is 0.750. The first-order valence-electron chi connectivity index (χ1n) is 6.52. The zero-order valence-corrected chi connectivity index (χ0v) is 14.5. The molecular formula is C12H22ClN3O2S2. The number of hydrogen-bond donors (Lipinski definition) is 0. The molecule has 0 saturated carbocycles. The molecule has 1 atom stereocenters. The summed E-state index contributed by atoms with van der Waals surface area (Å²) in [6.45, 7) is 2.63. The normalized spacial score (nSPS) is 13.8. The number of alkyl halides is 1. The van der Waals surface area contributed by atoms with E-state index >= 15 is 0 Å². The van der Waals surface area contributed by atoms with Crippen LogP contribution in [0.2, 0.25) is 0 Å². The molecule has 0 aromatic carbocycles. The van der Waals surface area contributed by atoms with Crippen LogP contribution in [0.4, 0.5) is 0 Å². The molecule has 0 amide bonds. The van der Waals surface area contributed by atoms with Gasteiger partial charge in [0.25, 0.3) is 0 Å². The minimum Gasteiger partial charge on any atom is -0.271 e. The van der Waals surface area contributed by atoms with Crippen LogP contribution in [0.15, 0.2) is 17.3 Å². The SMILES string of the molecule is CCC(CSC)N(C)S(=O)(=O)c1cnn(CCCCl)c1. The van der Waals surface area contributed by atoms with Crippen LogP contribution in [-0.4, -0.2) is 53.5 Å². The number of aromatic nitrogens is 2. The Labute approximate surface area is 130 Å². The molecule has 8 heteroatoms. The van der Waals surface area contributed by atoms with E-state index in [2.05, 4.69) is 5.10 Å². The molecule has 1 aromatic rings. The highest BCUT2D eigenvalue weighted by molar-refractivity contribution is 7.98. The van der Waals surface area contributed by atoms with Crippen LogP contribution in [0.5, 0.6) is 0 Å². The Balaban J connectivity index is 2.89. The second-order valence-corrected chi connectivity index (χ2v) is 7.81. The van der Waals surface area contributed by atoms with Gasteiger partial charge in [-0.1, -0.05) is 6.92 Å². The second-order valence-electron chi connectivity index (χ2n) is 4.52. The molecular weight excluding hydrogens is 318 g/mol. The zero-order chi connectivity index (χ0) is 15.2. The van der Waals surface area contributed by atoms with Crippen molar-refractivity contribution >= 4 is 33.4 Å². The Morgan fingerprint density at radius 2 is 2.25 bits per heavy atom. The van der Waals surface area contributed by atoms with E-state index in [4.69, 9.17) is 11.6 Å². The summed E-state index contributed by atoms with van der Waals surface area (Å²) in [5, 5.41) is 4.08. The number of sulfonamides is 1. The maximum atomic E-state index is 12.5. The van der Waals surface area contributed by atoms with Crippen molar-refractivity contribution in [3.05, 3.63) is 12.4 Å². The van der Waals surface area contributed by atoms with Crippen molar-refractivity contribution in [2.45, 2.75) is 37.2 Å². The van der Waals surface area contributed by atoms with Gasteiger partial charge in [-0.2, -0.15) is 21.2 Å². The van der Waals surface area contributed by atoms with Crippen molar-refractivity contribution < 1.29 is 8.42 Å². The van der Waals surface area contributed by atoms with Gasteiger partial charge in [0.05, 0.1) is 6.20 Å². The van der Waals surface area contributed by atoms with E-state index in [1.807, 2.05) is 13.2 Å². The third-order valence-electron chi connectivity index (χ3n) is 3.15. The molecule has 0 saturated heterocycles. The molecule has 116 valence electrons. The van der Waals surface area contributed by atoms with Crippen molar-refractivity contribution in [3.8, 4) is 0 Å². The summed E-state index contributed by atoms with van der Waals surface area (Å²) in [5.74, 6) is 1.32. The van der Waals surface area contributed by atoms with Crippen LogP contribution in [0, 0.1) is 0 Å². The van der Waals surface area contributed by atoms with Crippen LogP contribution in [0.1, 0.15) is 19.8 Å². The first kappa shape index (κ1) is 17.8. The number of nitrogens with zero attached hydrogens (tertiary/aromatic N) is 3. The largest absolute Gasteiger partial charge is 0.271 e. The monoisotopic (exact) mass is 339 g/mol. The highest BCUT2D eigenvalue weighted by Crippen LogP contribution is 2.19. The Kier molecular flexibility index (Phi) is 7.36. The van der Waals surface area contributed by atoms with Crippen molar-refractivity contribution in [2.24, 2.45) is 0 Å². The molecule has 0 aliphatic carbocycles. The summed E-state index contributed by atoms with van der Waals surface area (Å²) in [6, 6.07) is 0.00110. The van der Waals surface area contributed by atoms with Crippen LogP contribution in [-0.2, 0) is 16.6 Å². The molecule has 20 heavy (non-hydrogen) atoms. The predicted molar refractivity (Wildman–Crippen MR) is 85.0 cm³/mol. The van der Waals surface area contributed by atoms with Gasteiger partial charge in [0.2, 0.25) is 10.0 Å². The quantitative estimate of drug-likeness (QED) is 0.648. The van der Waals surface area contributed by atoms with Crippen molar-refractivity contribution in [1.29, 1.82) is 0 Å². The van der Waals surface area contributed by atoms with Crippen molar-refractivity contribution in [2.75, 3.05) is 24.9 Å². The maximum absolute atomic E-state index is 12.5. The van der Waals surface area contributed by atoms with Gasteiger partial charge in [0, 0.05) is 37.5 Å². The lowest BCUT2D eigenvalue weighted by Crippen LogP contribution is -2.38. The van der Waals surface area contributed by atoms with Crippen LogP contribution in [0.25, 0.3) is 0 Å². The maximum Gasteiger partial charge on any atom is 0.246 e. The second kappa shape index (κ2) is 8.26. The summed E-state index contributed by atoms with van der Waals surface area (Å²) in [4.78, 5) is 0.245. The number of thioether (sulfide) groups is 1. The molecule has 0 N–H and O–H groups in total. The Bertz CT molecular complexity index is 505. The predicted octanol–water partition coefficient (Wildman–Crippen LogP) is 2.27. The minimum absolute atomic E-state index is 0.00110. The minimum atomic E-state index is -3.47. The van der Waals surface area contributed by atoms with Gasteiger partial charge in [-0.3, -0.25) is 4.68 Å². The topological polar surface area (TPSA) is 55.2 Å².